The van der Waals surface area contributed by atoms with Crippen molar-refractivity contribution in [2.45, 2.75) is 51.9 Å². The Balaban J connectivity index is 2.19. The van der Waals surface area contributed by atoms with Gasteiger partial charge < -0.3 is 10.0 Å². The van der Waals surface area contributed by atoms with Crippen LogP contribution in [0.4, 0.5) is 5.69 Å². The Morgan fingerprint density at radius 1 is 1.35 bits per heavy atom. The first-order chi connectivity index (χ1) is 12.1. The van der Waals surface area contributed by atoms with Crippen LogP contribution in [0.25, 0.3) is 0 Å². The van der Waals surface area contributed by atoms with E-state index in [0.717, 1.165) is 12.8 Å². The number of carboxylic acids is 1. The highest BCUT2D eigenvalue weighted by atomic mass is 16.6. The highest BCUT2D eigenvalue weighted by molar-refractivity contribution is 5.95. The van der Waals surface area contributed by atoms with Gasteiger partial charge in [-0.05, 0) is 36.7 Å². The molecule has 2 rings (SSSR count). The standard InChI is InChI=1S/C19H26N2O5/c1-19(2,3)15-8-7-14(11-16(15)21(25)26)18(24)20-10-4-5-13(12-20)6-9-17(22)23/h7-8,11,13H,4-6,9-10,12H2,1-3H3,(H,22,23). The molecule has 7 nitrogen and oxygen atoms in total. The number of nitro benzene ring substituents is 1. The van der Waals surface area contributed by atoms with Crippen molar-refractivity contribution in [3.63, 3.8) is 0 Å². The third-order valence-corrected chi connectivity index (χ3v) is 4.82. The Morgan fingerprint density at radius 2 is 2.04 bits per heavy atom. The molecule has 1 aliphatic rings. The first-order valence-corrected chi connectivity index (χ1v) is 8.89. The van der Waals surface area contributed by atoms with Crippen molar-refractivity contribution in [1.82, 2.24) is 4.90 Å². The number of benzene rings is 1. The molecular formula is C19H26N2O5. The van der Waals surface area contributed by atoms with Gasteiger partial charge in [-0.15, -0.1) is 0 Å². The predicted molar refractivity (Wildman–Crippen MR) is 97.3 cm³/mol. The van der Waals surface area contributed by atoms with Gasteiger partial charge in [0.15, 0.2) is 0 Å². The number of carbonyl (C=O) groups is 2. The Bertz CT molecular complexity index is 708. The lowest BCUT2D eigenvalue weighted by atomic mass is 9.85. The molecule has 1 atom stereocenters. The fourth-order valence-electron chi connectivity index (χ4n) is 3.45. The molecule has 7 heteroatoms. The van der Waals surface area contributed by atoms with Gasteiger partial charge in [0.1, 0.15) is 0 Å². The zero-order valence-electron chi connectivity index (χ0n) is 15.5. The summed E-state index contributed by atoms with van der Waals surface area (Å²) in [5, 5.41) is 20.3. The maximum atomic E-state index is 12.8. The Morgan fingerprint density at radius 3 is 2.62 bits per heavy atom. The second-order valence-corrected chi connectivity index (χ2v) is 7.93. The van der Waals surface area contributed by atoms with Crippen LogP contribution in [0, 0.1) is 16.0 Å². The molecule has 142 valence electrons. The fraction of sp³-hybridized carbons (Fsp3) is 0.579. The molecule has 0 aromatic heterocycles. The van der Waals surface area contributed by atoms with E-state index in [-0.39, 0.29) is 23.9 Å². The van der Waals surface area contributed by atoms with Crippen molar-refractivity contribution < 1.29 is 19.6 Å². The Labute approximate surface area is 153 Å². The topological polar surface area (TPSA) is 101 Å². The summed E-state index contributed by atoms with van der Waals surface area (Å²) in [5.74, 6) is -0.900. The van der Waals surface area contributed by atoms with Crippen molar-refractivity contribution in [1.29, 1.82) is 0 Å². The van der Waals surface area contributed by atoms with Gasteiger partial charge >= 0.3 is 5.97 Å². The van der Waals surface area contributed by atoms with E-state index in [1.807, 2.05) is 20.8 Å². The van der Waals surface area contributed by atoms with Crippen LogP contribution >= 0.6 is 0 Å². The molecule has 1 fully saturated rings. The monoisotopic (exact) mass is 362 g/mol. The second kappa shape index (κ2) is 7.85. The van der Waals surface area contributed by atoms with E-state index < -0.39 is 16.3 Å². The van der Waals surface area contributed by atoms with Crippen molar-refractivity contribution >= 4 is 17.6 Å². The summed E-state index contributed by atoms with van der Waals surface area (Å²) in [6.07, 6.45) is 2.36. The van der Waals surface area contributed by atoms with Crippen molar-refractivity contribution in [2.75, 3.05) is 13.1 Å². The molecule has 26 heavy (non-hydrogen) atoms. The molecule has 1 aromatic rings. The zero-order chi connectivity index (χ0) is 19.5. The van der Waals surface area contributed by atoms with Gasteiger partial charge in [0, 0.05) is 36.7 Å². The van der Waals surface area contributed by atoms with Gasteiger partial charge in [0.2, 0.25) is 0 Å². The van der Waals surface area contributed by atoms with Crippen LogP contribution in [0.3, 0.4) is 0 Å². The summed E-state index contributed by atoms with van der Waals surface area (Å²) in [6.45, 7) is 6.79. The first-order valence-electron chi connectivity index (χ1n) is 8.89. The van der Waals surface area contributed by atoms with Gasteiger partial charge in [-0.2, -0.15) is 0 Å². The normalized spacial score (nSPS) is 17.8. The SMILES string of the molecule is CC(C)(C)c1ccc(C(=O)N2CCCC(CCC(=O)O)C2)cc1[N+](=O)[O-]. The minimum Gasteiger partial charge on any atom is -0.481 e. The molecule has 1 saturated heterocycles. The molecule has 0 saturated carbocycles. The largest absolute Gasteiger partial charge is 0.481 e. The fourth-order valence-corrected chi connectivity index (χ4v) is 3.45. The van der Waals surface area contributed by atoms with Crippen molar-refractivity contribution in [3.8, 4) is 0 Å². The number of piperidine rings is 1. The van der Waals surface area contributed by atoms with Gasteiger partial charge in [0.05, 0.1) is 4.92 Å². The maximum Gasteiger partial charge on any atom is 0.303 e. The quantitative estimate of drug-likeness (QED) is 0.637. The number of carboxylic acid groups (broad SMARTS) is 1. The zero-order valence-corrected chi connectivity index (χ0v) is 15.5. The van der Waals surface area contributed by atoms with Crippen LogP contribution in [-0.2, 0) is 10.2 Å². The third-order valence-electron chi connectivity index (χ3n) is 4.82. The Hall–Kier alpha value is -2.44. The minimum absolute atomic E-state index is 0.0391. The third kappa shape index (κ3) is 4.80. The molecule has 1 unspecified atom stereocenters. The number of aliphatic carboxylic acids is 1. The summed E-state index contributed by atoms with van der Waals surface area (Å²) in [7, 11) is 0. The number of amides is 1. The lowest BCUT2D eigenvalue weighted by molar-refractivity contribution is -0.386. The molecule has 1 aliphatic heterocycles. The molecular weight excluding hydrogens is 336 g/mol. The minimum atomic E-state index is -0.832. The van der Waals surface area contributed by atoms with Gasteiger partial charge in [-0.3, -0.25) is 19.7 Å². The van der Waals surface area contributed by atoms with Crippen LogP contribution < -0.4 is 0 Å². The van der Waals surface area contributed by atoms with Gasteiger partial charge in [-0.25, -0.2) is 0 Å². The van der Waals surface area contributed by atoms with E-state index >= 15 is 0 Å². The van der Waals surface area contributed by atoms with Crippen LogP contribution in [0.2, 0.25) is 0 Å². The lowest BCUT2D eigenvalue weighted by Gasteiger charge is -2.32. The highest BCUT2D eigenvalue weighted by Gasteiger charge is 2.29. The number of nitro groups is 1. The van der Waals surface area contributed by atoms with E-state index in [4.69, 9.17) is 5.11 Å². The maximum absolute atomic E-state index is 12.8. The summed E-state index contributed by atoms with van der Waals surface area (Å²) in [6, 6.07) is 4.68. The molecule has 0 radical (unpaired) electrons. The average Bonchev–Trinajstić information content (AvgIpc) is 2.58. The molecule has 1 amide bonds. The molecule has 0 aliphatic carbocycles. The number of likely N-dealkylation sites (tertiary alicyclic amines) is 1. The summed E-state index contributed by atoms with van der Waals surface area (Å²) < 4.78 is 0. The second-order valence-electron chi connectivity index (χ2n) is 7.93. The van der Waals surface area contributed by atoms with Gasteiger partial charge in [-0.1, -0.05) is 26.8 Å². The molecule has 1 N–H and O–H groups in total. The molecule has 0 spiro atoms. The molecule has 1 aromatic carbocycles. The first kappa shape index (κ1) is 19.9. The molecule has 1 heterocycles. The van der Waals surface area contributed by atoms with Crippen LogP contribution in [-0.4, -0.2) is 39.9 Å². The van der Waals surface area contributed by atoms with Crippen molar-refractivity contribution in [2.24, 2.45) is 5.92 Å². The highest BCUT2D eigenvalue weighted by Crippen LogP contribution is 2.32. The average molecular weight is 362 g/mol. The van der Waals surface area contributed by atoms with E-state index in [2.05, 4.69) is 0 Å². The van der Waals surface area contributed by atoms with E-state index in [1.54, 1.807) is 17.0 Å². The van der Waals surface area contributed by atoms with Crippen LogP contribution in [0.15, 0.2) is 18.2 Å². The van der Waals surface area contributed by atoms with Crippen LogP contribution in [0.1, 0.15) is 62.4 Å². The van der Waals surface area contributed by atoms with Crippen molar-refractivity contribution in [3.05, 3.63) is 39.4 Å². The number of rotatable bonds is 5. The number of carbonyl (C=O) groups excluding carboxylic acids is 1. The van der Waals surface area contributed by atoms with Crippen LogP contribution in [0.5, 0.6) is 0 Å². The van der Waals surface area contributed by atoms with E-state index in [1.165, 1.54) is 6.07 Å². The summed E-state index contributed by atoms with van der Waals surface area (Å²) in [5.41, 5.74) is 0.472. The molecule has 0 bridgehead atoms. The lowest BCUT2D eigenvalue weighted by Crippen LogP contribution is -2.40. The number of hydrogen-bond donors (Lipinski definition) is 1. The Kier molecular flexibility index (Phi) is 6.00. The van der Waals surface area contributed by atoms with E-state index in [9.17, 15) is 19.7 Å². The smallest absolute Gasteiger partial charge is 0.303 e. The number of hydrogen-bond acceptors (Lipinski definition) is 4. The van der Waals surface area contributed by atoms with E-state index in [0.29, 0.717) is 30.6 Å². The van der Waals surface area contributed by atoms with Gasteiger partial charge in [0.25, 0.3) is 11.6 Å². The summed E-state index contributed by atoms with van der Waals surface area (Å²) in [4.78, 5) is 36.2. The summed E-state index contributed by atoms with van der Waals surface area (Å²) >= 11 is 0. The predicted octanol–water partition coefficient (Wildman–Crippen LogP) is 3.61. The number of nitrogens with zero attached hydrogens (tertiary/aromatic N) is 2.